The Labute approximate surface area is 148 Å². The molecule has 24 heavy (non-hydrogen) atoms. The van der Waals surface area contributed by atoms with Gasteiger partial charge in [0, 0.05) is 33.6 Å². The Hall–Kier alpha value is -1.49. The SMILES string of the molecule is CC(C)S(C(C)C)(C(C)C)n1ccc(B2Oc3ccccc3O2)c1. The average molecular weight is 345 g/mol. The molecule has 0 aliphatic carbocycles. The van der Waals surface area contributed by atoms with E-state index in [0.717, 1.165) is 17.0 Å². The fourth-order valence-electron chi connectivity index (χ4n) is 4.13. The third-order valence-corrected chi connectivity index (χ3v) is 10.4. The first-order valence-electron chi connectivity index (χ1n) is 8.78. The second-order valence-electron chi connectivity index (χ2n) is 7.19. The van der Waals surface area contributed by atoms with Gasteiger partial charge in [-0.25, -0.2) is 0 Å². The molecule has 0 bridgehead atoms. The van der Waals surface area contributed by atoms with E-state index < -0.39 is 10.2 Å². The average Bonchev–Trinajstić information content (AvgIpc) is 3.12. The van der Waals surface area contributed by atoms with Gasteiger partial charge in [-0.1, -0.05) is 53.7 Å². The van der Waals surface area contributed by atoms with Crippen LogP contribution in [0, 0.1) is 0 Å². The molecule has 0 radical (unpaired) electrons. The highest BCUT2D eigenvalue weighted by atomic mass is 32.3. The van der Waals surface area contributed by atoms with Crippen molar-refractivity contribution in [3.05, 3.63) is 42.7 Å². The minimum Gasteiger partial charge on any atom is -0.519 e. The van der Waals surface area contributed by atoms with Gasteiger partial charge >= 0.3 is 7.12 Å². The van der Waals surface area contributed by atoms with Gasteiger partial charge in [-0.15, -0.1) is 0 Å². The van der Waals surface area contributed by atoms with Crippen LogP contribution in [-0.2, 0) is 0 Å². The van der Waals surface area contributed by atoms with Crippen molar-refractivity contribution in [3.8, 4) is 11.5 Å². The van der Waals surface area contributed by atoms with Gasteiger partial charge in [0.25, 0.3) is 0 Å². The maximum absolute atomic E-state index is 5.97. The summed E-state index contributed by atoms with van der Waals surface area (Å²) in [5.74, 6) is 1.65. The van der Waals surface area contributed by atoms with Crippen molar-refractivity contribution in [1.82, 2.24) is 3.97 Å². The highest BCUT2D eigenvalue weighted by Crippen LogP contribution is 2.60. The largest absolute Gasteiger partial charge is 0.634 e. The van der Waals surface area contributed by atoms with E-state index in [4.69, 9.17) is 9.31 Å². The predicted octanol–water partition coefficient (Wildman–Crippen LogP) is 4.45. The van der Waals surface area contributed by atoms with Crippen molar-refractivity contribution < 1.29 is 9.31 Å². The Kier molecular flexibility index (Phi) is 4.65. The monoisotopic (exact) mass is 345 g/mol. The molecule has 3 nitrogen and oxygen atoms in total. The molecule has 1 aliphatic rings. The second-order valence-corrected chi connectivity index (χ2v) is 11.9. The molecule has 0 amide bonds. The topological polar surface area (TPSA) is 23.4 Å². The first-order chi connectivity index (χ1) is 11.4. The Balaban J connectivity index is 1.93. The molecule has 0 spiro atoms. The minimum absolute atomic E-state index is 0.341. The number of fused-ring (bicyclic) bond motifs is 1. The number of para-hydroxylation sites is 2. The summed E-state index contributed by atoms with van der Waals surface area (Å²) < 4.78 is 14.4. The first kappa shape index (κ1) is 17.3. The molecule has 1 aromatic carbocycles. The highest BCUT2D eigenvalue weighted by molar-refractivity contribution is 8.33. The van der Waals surface area contributed by atoms with Crippen LogP contribution in [0.4, 0.5) is 0 Å². The maximum atomic E-state index is 5.97. The molecule has 2 aromatic rings. The van der Waals surface area contributed by atoms with Crippen LogP contribution in [0.25, 0.3) is 0 Å². The summed E-state index contributed by atoms with van der Waals surface area (Å²) in [5.41, 5.74) is 1.09. The molecule has 0 saturated carbocycles. The number of hydrogen-bond acceptors (Lipinski definition) is 2. The van der Waals surface area contributed by atoms with E-state index >= 15 is 0 Å². The zero-order chi connectivity index (χ0) is 17.5. The summed E-state index contributed by atoms with van der Waals surface area (Å²) in [6, 6.07) is 10.0. The molecule has 0 atom stereocenters. The standard InChI is InChI=1S/C19H28BNO2S/c1-14(2)24(15(3)4,16(5)6)21-12-11-17(13-21)20-22-18-9-7-8-10-19(18)23-20/h7-16H,1-6H3. The first-order valence-corrected chi connectivity index (χ1v) is 10.6. The molecule has 1 aliphatic heterocycles. The molecular weight excluding hydrogens is 317 g/mol. The minimum atomic E-state index is -0.996. The molecule has 2 heterocycles. The lowest BCUT2D eigenvalue weighted by Gasteiger charge is -2.52. The van der Waals surface area contributed by atoms with Crippen LogP contribution >= 0.6 is 10.2 Å². The van der Waals surface area contributed by atoms with Crippen LogP contribution in [-0.4, -0.2) is 26.8 Å². The molecule has 0 N–H and O–H groups in total. The van der Waals surface area contributed by atoms with Crippen molar-refractivity contribution >= 4 is 22.8 Å². The van der Waals surface area contributed by atoms with Gasteiger partial charge in [0.2, 0.25) is 0 Å². The van der Waals surface area contributed by atoms with E-state index in [1.807, 2.05) is 24.3 Å². The summed E-state index contributed by atoms with van der Waals surface area (Å²) in [5, 5.41) is 1.83. The van der Waals surface area contributed by atoms with Gasteiger partial charge < -0.3 is 13.3 Å². The number of nitrogens with zero attached hydrogens (tertiary/aromatic N) is 1. The highest BCUT2D eigenvalue weighted by Gasteiger charge is 2.39. The lowest BCUT2D eigenvalue weighted by Crippen LogP contribution is -2.39. The summed E-state index contributed by atoms with van der Waals surface area (Å²) >= 11 is 0. The fourth-order valence-corrected chi connectivity index (χ4v) is 9.43. The van der Waals surface area contributed by atoms with Gasteiger partial charge in [0.15, 0.2) is 0 Å². The molecule has 0 unspecified atom stereocenters. The zero-order valence-corrected chi connectivity index (χ0v) is 16.3. The van der Waals surface area contributed by atoms with Crippen LogP contribution in [0.1, 0.15) is 41.5 Å². The van der Waals surface area contributed by atoms with Crippen LogP contribution in [0.15, 0.2) is 42.7 Å². The van der Waals surface area contributed by atoms with Gasteiger partial charge in [0.05, 0.1) is 0 Å². The van der Waals surface area contributed by atoms with E-state index in [9.17, 15) is 0 Å². The van der Waals surface area contributed by atoms with E-state index in [0.29, 0.717) is 15.7 Å². The van der Waals surface area contributed by atoms with Crippen LogP contribution in [0.3, 0.4) is 0 Å². The van der Waals surface area contributed by atoms with Crippen molar-refractivity contribution in [2.45, 2.75) is 57.3 Å². The van der Waals surface area contributed by atoms with Crippen LogP contribution < -0.4 is 14.8 Å². The van der Waals surface area contributed by atoms with Gasteiger partial charge in [-0.3, -0.25) is 0 Å². The Morgan fingerprint density at radius 2 is 1.33 bits per heavy atom. The molecule has 5 heteroatoms. The Morgan fingerprint density at radius 3 is 1.79 bits per heavy atom. The van der Waals surface area contributed by atoms with E-state index in [2.05, 4.69) is 64.0 Å². The van der Waals surface area contributed by atoms with Gasteiger partial charge in [0.1, 0.15) is 11.5 Å². The normalized spacial score (nSPS) is 15.0. The van der Waals surface area contributed by atoms with E-state index in [-0.39, 0.29) is 7.12 Å². The van der Waals surface area contributed by atoms with Crippen molar-refractivity contribution in [2.75, 3.05) is 0 Å². The van der Waals surface area contributed by atoms with Crippen molar-refractivity contribution in [2.24, 2.45) is 0 Å². The third-order valence-electron chi connectivity index (χ3n) is 4.91. The molecular formula is C19H28BNO2S. The molecule has 1 aromatic heterocycles. The molecule has 3 rings (SSSR count). The van der Waals surface area contributed by atoms with E-state index in [1.54, 1.807) is 0 Å². The maximum Gasteiger partial charge on any atom is 0.634 e. The quantitative estimate of drug-likeness (QED) is 0.748. The molecule has 130 valence electrons. The van der Waals surface area contributed by atoms with E-state index in [1.165, 1.54) is 0 Å². The molecule has 0 fully saturated rings. The summed E-state index contributed by atoms with van der Waals surface area (Å²) in [6.07, 6.45) is 4.46. The number of benzene rings is 1. The number of rotatable bonds is 5. The Morgan fingerprint density at radius 1 is 0.833 bits per heavy atom. The lowest BCUT2D eigenvalue weighted by molar-refractivity contribution is 0.519. The summed E-state index contributed by atoms with van der Waals surface area (Å²) in [6.45, 7) is 14.1. The number of hydrogen-bond donors (Lipinski definition) is 0. The van der Waals surface area contributed by atoms with Gasteiger partial charge in [-0.2, -0.15) is 10.2 Å². The zero-order valence-electron chi connectivity index (χ0n) is 15.5. The van der Waals surface area contributed by atoms with Gasteiger partial charge in [-0.05, 0) is 18.2 Å². The second kappa shape index (κ2) is 6.43. The summed E-state index contributed by atoms with van der Waals surface area (Å²) in [4.78, 5) is 0. The Bertz CT molecular complexity index is 664. The number of aromatic nitrogens is 1. The lowest BCUT2D eigenvalue weighted by atomic mass is 9.82. The third kappa shape index (κ3) is 2.63. The van der Waals surface area contributed by atoms with Crippen molar-refractivity contribution in [3.63, 3.8) is 0 Å². The molecule has 0 saturated heterocycles. The smallest absolute Gasteiger partial charge is 0.519 e. The van der Waals surface area contributed by atoms with Crippen LogP contribution in [0.5, 0.6) is 11.5 Å². The van der Waals surface area contributed by atoms with Crippen LogP contribution in [0.2, 0.25) is 0 Å². The van der Waals surface area contributed by atoms with Crippen molar-refractivity contribution in [1.29, 1.82) is 0 Å². The summed E-state index contributed by atoms with van der Waals surface area (Å²) in [7, 11) is -1.34. The fraction of sp³-hybridized carbons (Fsp3) is 0.474. The predicted molar refractivity (Wildman–Crippen MR) is 106 cm³/mol.